The molecule has 1 aliphatic rings. The van der Waals surface area contributed by atoms with E-state index in [0.717, 1.165) is 25.9 Å². The molecular formula is C21H23ClFN3O3. The number of benzene rings is 2. The van der Waals surface area contributed by atoms with Gasteiger partial charge in [0.15, 0.2) is 5.58 Å². The van der Waals surface area contributed by atoms with Crippen LogP contribution in [-0.4, -0.2) is 37.7 Å². The maximum atomic E-state index is 13.1. The minimum Gasteiger partial charge on any atom is -0.436 e. The van der Waals surface area contributed by atoms with E-state index in [1.54, 1.807) is 37.4 Å². The molecular weight excluding hydrogens is 397 g/mol. The lowest BCUT2D eigenvalue weighted by atomic mass is 9.78. The molecule has 4 rings (SSSR count). The van der Waals surface area contributed by atoms with E-state index in [1.165, 1.54) is 12.1 Å². The maximum Gasteiger partial charge on any atom is 0.233 e. The number of methoxy groups -OCH3 is 1. The molecule has 154 valence electrons. The predicted molar refractivity (Wildman–Crippen MR) is 112 cm³/mol. The first kappa shape index (κ1) is 21.2. The molecule has 0 aliphatic carbocycles. The Morgan fingerprint density at radius 1 is 1.24 bits per heavy atom. The number of rotatable bonds is 5. The molecule has 1 fully saturated rings. The van der Waals surface area contributed by atoms with E-state index in [9.17, 15) is 9.18 Å². The van der Waals surface area contributed by atoms with Crippen molar-refractivity contribution in [1.29, 1.82) is 0 Å². The third kappa shape index (κ3) is 4.42. The summed E-state index contributed by atoms with van der Waals surface area (Å²) in [6.07, 6.45) is 1.46. The second-order valence-electron chi connectivity index (χ2n) is 7.13. The van der Waals surface area contributed by atoms with E-state index in [2.05, 4.69) is 15.6 Å². The monoisotopic (exact) mass is 419 g/mol. The lowest BCUT2D eigenvalue weighted by Crippen LogP contribution is -2.47. The molecule has 1 aromatic heterocycles. The summed E-state index contributed by atoms with van der Waals surface area (Å²) in [6.45, 7) is 1.97. The SMILES string of the molecule is COCC1(C(=O)Nc2ccc3nc(-c4ccc(F)cc4)oc3c2)CCNCC1.Cl. The number of anilines is 1. The minimum absolute atomic E-state index is 0. The smallest absolute Gasteiger partial charge is 0.233 e. The van der Waals surface area contributed by atoms with Crippen LogP contribution in [0.15, 0.2) is 46.9 Å². The van der Waals surface area contributed by atoms with Gasteiger partial charge in [-0.1, -0.05) is 0 Å². The van der Waals surface area contributed by atoms with Crippen LogP contribution in [0, 0.1) is 11.2 Å². The van der Waals surface area contributed by atoms with Gasteiger partial charge in [0.25, 0.3) is 0 Å². The van der Waals surface area contributed by atoms with Gasteiger partial charge >= 0.3 is 0 Å². The molecule has 0 bridgehead atoms. The van der Waals surface area contributed by atoms with Crippen molar-refractivity contribution in [3.8, 4) is 11.5 Å². The van der Waals surface area contributed by atoms with Gasteiger partial charge in [0.1, 0.15) is 11.3 Å². The Bertz CT molecular complexity index is 979. The molecule has 0 atom stereocenters. The molecule has 0 spiro atoms. The summed E-state index contributed by atoms with van der Waals surface area (Å²) in [5, 5.41) is 6.28. The number of nitrogens with zero attached hydrogens (tertiary/aromatic N) is 1. The summed E-state index contributed by atoms with van der Waals surface area (Å²) in [4.78, 5) is 17.4. The highest BCUT2D eigenvalue weighted by Gasteiger charge is 2.39. The number of hydrogen-bond acceptors (Lipinski definition) is 5. The third-order valence-electron chi connectivity index (χ3n) is 5.20. The summed E-state index contributed by atoms with van der Waals surface area (Å²) in [7, 11) is 1.62. The number of carbonyl (C=O) groups excluding carboxylic acids is 1. The number of oxazole rings is 1. The topological polar surface area (TPSA) is 76.4 Å². The summed E-state index contributed by atoms with van der Waals surface area (Å²) in [5.41, 5.74) is 2.04. The molecule has 8 heteroatoms. The van der Waals surface area contributed by atoms with E-state index in [-0.39, 0.29) is 24.1 Å². The molecule has 1 aliphatic heterocycles. The van der Waals surface area contributed by atoms with Crippen LogP contribution in [0.2, 0.25) is 0 Å². The molecule has 6 nitrogen and oxygen atoms in total. The maximum absolute atomic E-state index is 13.1. The Morgan fingerprint density at radius 2 is 1.97 bits per heavy atom. The van der Waals surface area contributed by atoms with Crippen molar-refractivity contribution >= 4 is 35.1 Å². The molecule has 3 aromatic rings. The van der Waals surface area contributed by atoms with Crippen molar-refractivity contribution in [2.24, 2.45) is 5.41 Å². The average Bonchev–Trinajstić information content (AvgIpc) is 3.13. The lowest BCUT2D eigenvalue weighted by molar-refractivity contribution is -0.130. The number of piperidine rings is 1. The van der Waals surface area contributed by atoms with E-state index in [1.807, 2.05) is 0 Å². The fourth-order valence-corrected chi connectivity index (χ4v) is 3.60. The first-order valence-corrected chi connectivity index (χ1v) is 9.27. The second-order valence-corrected chi connectivity index (χ2v) is 7.13. The summed E-state index contributed by atoms with van der Waals surface area (Å²) in [6, 6.07) is 11.3. The summed E-state index contributed by atoms with van der Waals surface area (Å²) < 4.78 is 24.3. The number of ether oxygens (including phenoxy) is 1. The van der Waals surface area contributed by atoms with Gasteiger partial charge in [0.05, 0.1) is 12.0 Å². The Hall–Kier alpha value is -2.48. The standard InChI is InChI=1S/C21H22FN3O3.ClH/c1-27-13-21(8-10-23-11-9-21)20(26)24-16-6-7-17-18(12-16)28-19(25-17)14-2-4-15(22)5-3-14;/h2-7,12,23H,8-11,13H2,1H3,(H,24,26);1H. The van der Waals surface area contributed by atoms with Gasteiger partial charge in [-0.25, -0.2) is 9.37 Å². The number of aromatic nitrogens is 1. The quantitative estimate of drug-likeness (QED) is 0.653. The predicted octanol–water partition coefficient (Wildman–Crippen LogP) is 4.01. The Labute approximate surface area is 174 Å². The van der Waals surface area contributed by atoms with Gasteiger partial charge in [0, 0.05) is 24.4 Å². The van der Waals surface area contributed by atoms with E-state index < -0.39 is 5.41 Å². The number of hydrogen-bond donors (Lipinski definition) is 2. The van der Waals surface area contributed by atoms with E-state index in [0.29, 0.717) is 34.8 Å². The first-order valence-electron chi connectivity index (χ1n) is 9.27. The van der Waals surface area contributed by atoms with Crippen molar-refractivity contribution in [2.45, 2.75) is 12.8 Å². The molecule has 0 radical (unpaired) electrons. The highest BCUT2D eigenvalue weighted by Crippen LogP contribution is 2.32. The Kier molecular flexibility index (Phi) is 6.52. The fraction of sp³-hybridized carbons (Fsp3) is 0.333. The largest absolute Gasteiger partial charge is 0.436 e. The van der Waals surface area contributed by atoms with Crippen LogP contribution in [0.25, 0.3) is 22.6 Å². The molecule has 1 saturated heterocycles. The zero-order valence-electron chi connectivity index (χ0n) is 16.0. The fourth-order valence-electron chi connectivity index (χ4n) is 3.60. The van der Waals surface area contributed by atoms with Crippen LogP contribution >= 0.6 is 12.4 Å². The number of carbonyl (C=O) groups is 1. The minimum atomic E-state index is -0.532. The van der Waals surface area contributed by atoms with Crippen molar-refractivity contribution in [3.63, 3.8) is 0 Å². The van der Waals surface area contributed by atoms with Crippen molar-refractivity contribution in [1.82, 2.24) is 10.3 Å². The van der Waals surface area contributed by atoms with Crippen LogP contribution in [0.4, 0.5) is 10.1 Å². The number of fused-ring (bicyclic) bond motifs is 1. The van der Waals surface area contributed by atoms with Crippen LogP contribution in [-0.2, 0) is 9.53 Å². The molecule has 2 aromatic carbocycles. The van der Waals surface area contributed by atoms with Gasteiger partial charge in [-0.05, 0) is 62.3 Å². The van der Waals surface area contributed by atoms with Crippen molar-refractivity contribution in [3.05, 3.63) is 48.3 Å². The third-order valence-corrected chi connectivity index (χ3v) is 5.20. The number of amides is 1. The highest BCUT2D eigenvalue weighted by molar-refractivity contribution is 5.97. The van der Waals surface area contributed by atoms with Crippen LogP contribution < -0.4 is 10.6 Å². The van der Waals surface area contributed by atoms with Gasteiger partial charge in [0.2, 0.25) is 11.8 Å². The zero-order chi connectivity index (χ0) is 19.6. The number of halogens is 2. The van der Waals surface area contributed by atoms with Crippen LogP contribution in [0.5, 0.6) is 0 Å². The molecule has 0 unspecified atom stereocenters. The van der Waals surface area contributed by atoms with Gasteiger partial charge in [-0.15, -0.1) is 12.4 Å². The van der Waals surface area contributed by atoms with Crippen LogP contribution in [0.1, 0.15) is 12.8 Å². The first-order chi connectivity index (χ1) is 13.6. The lowest BCUT2D eigenvalue weighted by Gasteiger charge is -2.35. The normalized spacial score (nSPS) is 15.7. The van der Waals surface area contributed by atoms with Crippen molar-refractivity contribution < 1.29 is 18.3 Å². The zero-order valence-corrected chi connectivity index (χ0v) is 16.9. The van der Waals surface area contributed by atoms with Crippen molar-refractivity contribution in [2.75, 3.05) is 32.1 Å². The summed E-state index contributed by atoms with van der Waals surface area (Å²) in [5.74, 6) is 0.0499. The Morgan fingerprint density at radius 3 is 2.66 bits per heavy atom. The van der Waals surface area contributed by atoms with Gasteiger partial charge in [-0.3, -0.25) is 4.79 Å². The number of nitrogens with one attached hydrogen (secondary N) is 2. The summed E-state index contributed by atoms with van der Waals surface area (Å²) >= 11 is 0. The van der Waals surface area contributed by atoms with Gasteiger partial charge < -0.3 is 19.8 Å². The van der Waals surface area contributed by atoms with Crippen LogP contribution in [0.3, 0.4) is 0 Å². The molecule has 0 saturated carbocycles. The van der Waals surface area contributed by atoms with E-state index in [4.69, 9.17) is 9.15 Å². The molecule has 2 heterocycles. The van der Waals surface area contributed by atoms with E-state index >= 15 is 0 Å². The van der Waals surface area contributed by atoms with Gasteiger partial charge in [-0.2, -0.15) is 0 Å². The molecule has 2 N–H and O–H groups in total. The average molecular weight is 420 g/mol. The molecule has 29 heavy (non-hydrogen) atoms. The second kappa shape index (κ2) is 8.90. The Balaban J connectivity index is 0.00000240. The highest BCUT2D eigenvalue weighted by atomic mass is 35.5. The molecule has 1 amide bonds.